The van der Waals surface area contributed by atoms with Crippen molar-refractivity contribution in [2.24, 2.45) is 0 Å². The van der Waals surface area contributed by atoms with Crippen LogP contribution in [0.5, 0.6) is 0 Å². The molecule has 1 fully saturated rings. The third-order valence-corrected chi connectivity index (χ3v) is 4.23. The van der Waals surface area contributed by atoms with Gasteiger partial charge in [0.25, 0.3) is 0 Å². The minimum absolute atomic E-state index is 0.0137. The van der Waals surface area contributed by atoms with E-state index in [1.807, 2.05) is 10.7 Å². The van der Waals surface area contributed by atoms with Gasteiger partial charge in [0.1, 0.15) is 18.5 Å². The Morgan fingerprint density at radius 3 is 2.91 bits per heavy atom. The van der Waals surface area contributed by atoms with Crippen molar-refractivity contribution in [2.75, 3.05) is 25.5 Å². The van der Waals surface area contributed by atoms with Gasteiger partial charge in [-0.2, -0.15) is 10.2 Å². The maximum atomic E-state index is 12.1. The van der Waals surface area contributed by atoms with Crippen LogP contribution in [0, 0.1) is 0 Å². The highest BCUT2D eigenvalue weighted by Crippen LogP contribution is 2.24. The topological polar surface area (TPSA) is 80.9 Å². The highest BCUT2D eigenvalue weighted by Gasteiger charge is 2.21. The summed E-state index contributed by atoms with van der Waals surface area (Å²) in [5.41, 5.74) is 0. The number of aryl methyl sites for hydroxylation is 1. The Labute approximate surface area is 135 Å². The molecule has 124 valence electrons. The van der Waals surface area contributed by atoms with Crippen molar-refractivity contribution in [3.05, 3.63) is 24.9 Å². The zero-order valence-electron chi connectivity index (χ0n) is 13.4. The number of aromatic nitrogens is 5. The molecule has 0 saturated carbocycles. The molecule has 1 N–H and O–H groups in total. The molecule has 2 aromatic heterocycles. The van der Waals surface area contributed by atoms with Crippen LogP contribution in [-0.4, -0.2) is 55.5 Å². The summed E-state index contributed by atoms with van der Waals surface area (Å²) in [6, 6.07) is 2.24. The molecule has 1 aliphatic heterocycles. The second-order valence-corrected chi connectivity index (χ2v) is 6.01. The van der Waals surface area contributed by atoms with E-state index in [0.717, 1.165) is 38.2 Å². The number of hydrogen-bond acceptors (Lipinski definition) is 5. The summed E-state index contributed by atoms with van der Waals surface area (Å²) in [6.07, 6.45) is 8.23. The van der Waals surface area contributed by atoms with Gasteiger partial charge < -0.3 is 10.2 Å². The molecule has 0 spiro atoms. The van der Waals surface area contributed by atoms with Gasteiger partial charge in [-0.15, -0.1) is 0 Å². The van der Waals surface area contributed by atoms with Gasteiger partial charge in [-0.05, 0) is 39.4 Å². The molecule has 0 unspecified atom stereocenters. The predicted octanol–water partition coefficient (Wildman–Crippen LogP) is 1.16. The quantitative estimate of drug-likeness (QED) is 0.865. The summed E-state index contributed by atoms with van der Waals surface area (Å²) >= 11 is 0. The van der Waals surface area contributed by atoms with Crippen molar-refractivity contribution in [1.29, 1.82) is 0 Å². The Morgan fingerprint density at radius 1 is 1.35 bits per heavy atom. The lowest BCUT2D eigenvalue weighted by Crippen LogP contribution is -2.32. The fraction of sp³-hybridized carbons (Fsp3) is 0.600. The van der Waals surface area contributed by atoms with Crippen molar-refractivity contribution in [2.45, 2.75) is 38.3 Å². The summed E-state index contributed by atoms with van der Waals surface area (Å²) in [6.45, 7) is 2.83. The van der Waals surface area contributed by atoms with E-state index in [9.17, 15) is 4.79 Å². The van der Waals surface area contributed by atoms with Gasteiger partial charge >= 0.3 is 0 Å². The monoisotopic (exact) mass is 317 g/mol. The second kappa shape index (κ2) is 7.36. The van der Waals surface area contributed by atoms with Crippen LogP contribution in [0.25, 0.3) is 0 Å². The SMILES string of the molecule is CN1CCC(n2nccc2NC(=O)CCCn2cncn2)CC1. The molecule has 2 aromatic rings. The predicted molar refractivity (Wildman–Crippen MR) is 85.9 cm³/mol. The average molecular weight is 317 g/mol. The standard InChI is InChI=1S/C15H23N7O/c1-20-9-5-13(6-10-20)22-14(4-7-17-22)19-15(23)3-2-8-21-12-16-11-18-21/h4,7,11-13H,2-3,5-6,8-10H2,1H3,(H,19,23). The van der Waals surface area contributed by atoms with Gasteiger partial charge in [0.2, 0.25) is 5.91 Å². The third kappa shape index (κ3) is 4.16. The Hall–Kier alpha value is -2.22. The number of amides is 1. The zero-order valence-corrected chi connectivity index (χ0v) is 13.4. The number of likely N-dealkylation sites (tertiary alicyclic amines) is 1. The number of anilines is 1. The lowest BCUT2D eigenvalue weighted by atomic mass is 10.1. The van der Waals surface area contributed by atoms with Crippen LogP contribution in [0.15, 0.2) is 24.9 Å². The van der Waals surface area contributed by atoms with E-state index in [1.54, 1.807) is 17.2 Å². The summed E-state index contributed by atoms with van der Waals surface area (Å²) in [5, 5.41) is 11.4. The van der Waals surface area contributed by atoms with E-state index in [2.05, 4.69) is 32.4 Å². The van der Waals surface area contributed by atoms with Crippen LogP contribution in [0.4, 0.5) is 5.82 Å². The van der Waals surface area contributed by atoms with E-state index in [4.69, 9.17) is 0 Å². The number of piperidine rings is 1. The Balaban J connectivity index is 1.49. The van der Waals surface area contributed by atoms with Crippen LogP contribution in [-0.2, 0) is 11.3 Å². The van der Waals surface area contributed by atoms with Crippen molar-refractivity contribution < 1.29 is 4.79 Å². The Kier molecular flexibility index (Phi) is 5.02. The number of carbonyl (C=O) groups excluding carboxylic acids is 1. The molecular formula is C15H23N7O. The molecule has 3 heterocycles. The van der Waals surface area contributed by atoms with Gasteiger partial charge in [-0.25, -0.2) is 9.67 Å². The maximum Gasteiger partial charge on any atom is 0.225 e. The van der Waals surface area contributed by atoms with Crippen molar-refractivity contribution in [3.63, 3.8) is 0 Å². The molecule has 23 heavy (non-hydrogen) atoms. The fourth-order valence-corrected chi connectivity index (χ4v) is 2.90. The number of carbonyl (C=O) groups is 1. The molecule has 8 nitrogen and oxygen atoms in total. The molecule has 0 atom stereocenters. The normalized spacial score (nSPS) is 16.6. The molecule has 0 radical (unpaired) electrons. The summed E-state index contributed by atoms with van der Waals surface area (Å²) in [5.74, 6) is 0.810. The van der Waals surface area contributed by atoms with Gasteiger partial charge in [-0.1, -0.05) is 0 Å². The molecule has 3 rings (SSSR count). The van der Waals surface area contributed by atoms with Crippen molar-refractivity contribution >= 4 is 11.7 Å². The van der Waals surface area contributed by atoms with Gasteiger partial charge in [0.15, 0.2) is 0 Å². The molecule has 8 heteroatoms. The number of nitrogens with one attached hydrogen (secondary N) is 1. The van der Waals surface area contributed by atoms with Gasteiger partial charge in [0.05, 0.1) is 12.2 Å². The van der Waals surface area contributed by atoms with Crippen LogP contribution < -0.4 is 5.32 Å². The first-order chi connectivity index (χ1) is 11.2. The average Bonchev–Trinajstić information content (AvgIpc) is 3.20. The summed E-state index contributed by atoms with van der Waals surface area (Å²) in [4.78, 5) is 18.3. The molecule has 0 aliphatic carbocycles. The highest BCUT2D eigenvalue weighted by molar-refractivity contribution is 5.89. The third-order valence-electron chi connectivity index (χ3n) is 4.23. The van der Waals surface area contributed by atoms with Crippen LogP contribution in [0.1, 0.15) is 31.7 Å². The van der Waals surface area contributed by atoms with Gasteiger partial charge in [0, 0.05) is 19.0 Å². The molecule has 0 aromatic carbocycles. The molecular weight excluding hydrogens is 294 g/mol. The first-order valence-corrected chi connectivity index (χ1v) is 8.06. The van der Waals surface area contributed by atoms with Crippen LogP contribution in [0.3, 0.4) is 0 Å². The Bertz CT molecular complexity index is 614. The first-order valence-electron chi connectivity index (χ1n) is 8.06. The lowest BCUT2D eigenvalue weighted by molar-refractivity contribution is -0.116. The zero-order chi connectivity index (χ0) is 16.1. The minimum Gasteiger partial charge on any atom is -0.311 e. The smallest absolute Gasteiger partial charge is 0.225 e. The first kappa shape index (κ1) is 15.7. The van der Waals surface area contributed by atoms with Crippen LogP contribution >= 0.6 is 0 Å². The minimum atomic E-state index is 0.0137. The molecule has 1 saturated heterocycles. The second-order valence-electron chi connectivity index (χ2n) is 6.01. The molecule has 0 bridgehead atoms. The summed E-state index contributed by atoms with van der Waals surface area (Å²) in [7, 11) is 2.14. The number of hydrogen-bond donors (Lipinski definition) is 1. The maximum absolute atomic E-state index is 12.1. The Morgan fingerprint density at radius 2 is 2.17 bits per heavy atom. The van der Waals surface area contributed by atoms with E-state index in [0.29, 0.717) is 19.0 Å². The lowest BCUT2D eigenvalue weighted by Gasteiger charge is -2.30. The van der Waals surface area contributed by atoms with Crippen molar-refractivity contribution in [1.82, 2.24) is 29.4 Å². The van der Waals surface area contributed by atoms with Gasteiger partial charge in [-0.3, -0.25) is 9.48 Å². The van der Waals surface area contributed by atoms with E-state index < -0.39 is 0 Å². The molecule has 1 amide bonds. The molecule has 1 aliphatic rings. The fourth-order valence-electron chi connectivity index (χ4n) is 2.90. The van der Waals surface area contributed by atoms with E-state index >= 15 is 0 Å². The highest BCUT2D eigenvalue weighted by atomic mass is 16.1. The summed E-state index contributed by atoms with van der Waals surface area (Å²) < 4.78 is 3.69. The van der Waals surface area contributed by atoms with Crippen molar-refractivity contribution in [3.8, 4) is 0 Å². The van der Waals surface area contributed by atoms with Crippen LogP contribution in [0.2, 0.25) is 0 Å². The number of nitrogens with zero attached hydrogens (tertiary/aromatic N) is 6. The largest absolute Gasteiger partial charge is 0.311 e. The van der Waals surface area contributed by atoms with E-state index in [1.165, 1.54) is 6.33 Å². The van der Waals surface area contributed by atoms with E-state index in [-0.39, 0.29) is 5.91 Å². The number of rotatable bonds is 6.